The molecule has 0 N–H and O–H groups in total. The van der Waals surface area contributed by atoms with Gasteiger partial charge in [-0.3, -0.25) is 4.79 Å². The fraction of sp³-hybridized carbons (Fsp3) is 0.0588. The van der Waals surface area contributed by atoms with Gasteiger partial charge in [-0.1, -0.05) is 43.0 Å². The van der Waals surface area contributed by atoms with E-state index in [9.17, 15) is 9.59 Å². The molecule has 0 aliphatic heterocycles. The van der Waals surface area contributed by atoms with Crippen LogP contribution in [-0.4, -0.2) is 11.8 Å². The summed E-state index contributed by atoms with van der Waals surface area (Å²) in [5, 5.41) is 1.78. The Morgan fingerprint density at radius 2 is 1.75 bits per heavy atom. The van der Waals surface area contributed by atoms with Crippen molar-refractivity contribution in [3.63, 3.8) is 0 Å². The molecule has 1 aliphatic rings. The van der Waals surface area contributed by atoms with Crippen molar-refractivity contribution in [1.29, 1.82) is 0 Å². The van der Waals surface area contributed by atoms with Crippen molar-refractivity contribution in [3.8, 4) is 0 Å². The number of ether oxygens (including phenoxy) is 1. The summed E-state index contributed by atoms with van der Waals surface area (Å²) in [5.41, 5.74) is 1.69. The molecule has 0 unspecified atom stereocenters. The number of rotatable bonds is 2. The lowest BCUT2D eigenvalue weighted by Crippen LogP contribution is -2.11. The number of esters is 1. The van der Waals surface area contributed by atoms with Crippen LogP contribution in [0.2, 0.25) is 0 Å². The van der Waals surface area contributed by atoms with Crippen LogP contribution < -0.4 is 0 Å². The molecular formula is C17H12O3. The van der Waals surface area contributed by atoms with Crippen molar-refractivity contribution in [2.45, 2.75) is 6.92 Å². The van der Waals surface area contributed by atoms with Crippen molar-refractivity contribution >= 4 is 28.3 Å². The van der Waals surface area contributed by atoms with Gasteiger partial charge in [-0.2, -0.15) is 0 Å². The molecule has 0 fully saturated rings. The summed E-state index contributed by atoms with van der Waals surface area (Å²) in [7, 11) is 0. The predicted molar refractivity (Wildman–Crippen MR) is 77.2 cm³/mol. The van der Waals surface area contributed by atoms with Crippen LogP contribution in [0, 0.1) is 0 Å². The molecular weight excluding hydrogens is 252 g/mol. The zero-order chi connectivity index (χ0) is 14.3. The van der Waals surface area contributed by atoms with E-state index in [2.05, 4.69) is 6.58 Å². The van der Waals surface area contributed by atoms with E-state index in [-0.39, 0.29) is 11.5 Å². The zero-order valence-electron chi connectivity index (χ0n) is 11.0. The van der Waals surface area contributed by atoms with Crippen molar-refractivity contribution in [2.75, 3.05) is 0 Å². The van der Waals surface area contributed by atoms with E-state index in [4.69, 9.17) is 4.74 Å². The third kappa shape index (κ3) is 1.84. The van der Waals surface area contributed by atoms with E-state index in [1.54, 1.807) is 13.0 Å². The lowest BCUT2D eigenvalue weighted by Gasteiger charge is -2.17. The van der Waals surface area contributed by atoms with E-state index in [0.29, 0.717) is 11.1 Å². The molecule has 0 aromatic heterocycles. The maximum atomic E-state index is 12.1. The lowest BCUT2D eigenvalue weighted by molar-refractivity contribution is -0.132. The number of benzene rings is 2. The molecule has 0 atom stereocenters. The van der Waals surface area contributed by atoms with Crippen molar-refractivity contribution in [1.82, 2.24) is 0 Å². The Kier molecular flexibility index (Phi) is 2.75. The molecule has 3 nitrogen and oxygen atoms in total. The fourth-order valence-corrected chi connectivity index (χ4v) is 2.30. The summed E-state index contributed by atoms with van der Waals surface area (Å²) in [6.45, 7) is 5.12. The van der Waals surface area contributed by atoms with Gasteiger partial charge in [-0.25, -0.2) is 4.79 Å². The third-order valence-electron chi connectivity index (χ3n) is 3.25. The summed E-state index contributed by atoms with van der Waals surface area (Å²) >= 11 is 0. The Labute approximate surface area is 116 Å². The van der Waals surface area contributed by atoms with Crippen molar-refractivity contribution < 1.29 is 14.3 Å². The molecule has 0 amide bonds. The van der Waals surface area contributed by atoms with Crippen LogP contribution in [0.5, 0.6) is 0 Å². The van der Waals surface area contributed by atoms with Crippen molar-refractivity contribution in [3.05, 3.63) is 65.8 Å². The van der Waals surface area contributed by atoms with E-state index >= 15 is 0 Å². The maximum Gasteiger partial charge on any atom is 0.338 e. The first-order valence-electron chi connectivity index (χ1n) is 6.24. The van der Waals surface area contributed by atoms with Crippen LogP contribution >= 0.6 is 0 Å². The number of carbonyl (C=O) groups is 2. The Morgan fingerprint density at radius 3 is 2.40 bits per heavy atom. The largest absolute Gasteiger partial charge is 0.422 e. The molecule has 0 radical (unpaired) electrons. The molecule has 20 heavy (non-hydrogen) atoms. The van der Waals surface area contributed by atoms with Crippen LogP contribution in [-0.2, 0) is 9.53 Å². The first kappa shape index (κ1) is 12.4. The van der Waals surface area contributed by atoms with Gasteiger partial charge in [-0.15, -0.1) is 0 Å². The van der Waals surface area contributed by atoms with Gasteiger partial charge in [0, 0.05) is 28.2 Å². The minimum atomic E-state index is -0.527. The van der Waals surface area contributed by atoms with Gasteiger partial charge in [0.2, 0.25) is 0 Å². The number of ketones is 1. The van der Waals surface area contributed by atoms with E-state index in [1.165, 1.54) is 6.08 Å². The van der Waals surface area contributed by atoms with E-state index in [1.807, 2.05) is 30.3 Å². The molecule has 0 saturated heterocycles. The fourth-order valence-electron chi connectivity index (χ4n) is 2.30. The number of hydrogen-bond acceptors (Lipinski definition) is 3. The third-order valence-corrected chi connectivity index (χ3v) is 3.25. The van der Waals surface area contributed by atoms with Crippen LogP contribution in [0.25, 0.3) is 16.5 Å². The number of hydrogen-bond donors (Lipinski definition) is 0. The second-order valence-corrected chi connectivity index (χ2v) is 4.75. The highest BCUT2D eigenvalue weighted by Crippen LogP contribution is 2.33. The second-order valence-electron chi connectivity index (χ2n) is 4.75. The average molecular weight is 264 g/mol. The summed E-state index contributed by atoms with van der Waals surface area (Å²) < 4.78 is 5.27. The number of carbonyl (C=O) groups excluding carboxylic acids is 2. The quantitative estimate of drug-likeness (QED) is 0.616. The van der Waals surface area contributed by atoms with Gasteiger partial charge in [0.1, 0.15) is 5.76 Å². The molecule has 2 aromatic rings. The highest BCUT2D eigenvalue weighted by Gasteiger charge is 2.22. The van der Waals surface area contributed by atoms with E-state index in [0.717, 1.165) is 16.3 Å². The smallest absolute Gasteiger partial charge is 0.338 e. The first-order chi connectivity index (χ1) is 9.58. The van der Waals surface area contributed by atoms with E-state index < -0.39 is 5.97 Å². The second kappa shape index (κ2) is 4.46. The first-order valence-corrected chi connectivity index (χ1v) is 6.24. The number of allylic oxidation sites excluding steroid dienone is 1. The predicted octanol–water partition coefficient (Wildman–Crippen LogP) is 3.50. The molecule has 3 heteroatoms. The molecule has 2 aromatic carbocycles. The Hall–Kier alpha value is -2.68. The Bertz CT molecular complexity index is 792. The highest BCUT2D eigenvalue weighted by atomic mass is 16.5. The topological polar surface area (TPSA) is 43.4 Å². The van der Waals surface area contributed by atoms with Gasteiger partial charge in [0.15, 0.2) is 5.78 Å². The summed E-state index contributed by atoms with van der Waals surface area (Å²) in [6, 6.07) is 11.2. The Balaban J connectivity index is 2.19. The standard InChI is InChI=1S/C17H12O3/c1-10(2)17(19)20-15-9-14(18)12-7-3-5-11-6-4-8-13(15)16(11)12/h3-9H,1H2,2H3. The van der Waals surface area contributed by atoms with Gasteiger partial charge in [-0.05, 0) is 12.3 Å². The van der Waals surface area contributed by atoms with Gasteiger partial charge >= 0.3 is 5.97 Å². The molecule has 1 aliphatic carbocycles. The van der Waals surface area contributed by atoms with Crippen LogP contribution in [0.15, 0.2) is 54.6 Å². The van der Waals surface area contributed by atoms with Gasteiger partial charge in [0.05, 0.1) is 0 Å². The van der Waals surface area contributed by atoms with Crippen molar-refractivity contribution in [2.24, 2.45) is 0 Å². The molecule has 0 heterocycles. The van der Waals surface area contributed by atoms with Gasteiger partial charge in [0.25, 0.3) is 0 Å². The summed E-state index contributed by atoms with van der Waals surface area (Å²) in [5.74, 6) is -0.397. The van der Waals surface area contributed by atoms with Gasteiger partial charge < -0.3 is 4.74 Å². The summed E-state index contributed by atoms with van der Waals surface area (Å²) in [6.07, 6.45) is 1.36. The summed E-state index contributed by atoms with van der Waals surface area (Å²) in [4.78, 5) is 23.8. The average Bonchev–Trinajstić information content (AvgIpc) is 2.44. The van der Waals surface area contributed by atoms with Crippen LogP contribution in [0.3, 0.4) is 0 Å². The molecule has 3 rings (SSSR count). The monoisotopic (exact) mass is 264 g/mol. The zero-order valence-corrected chi connectivity index (χ0v) is 11.0. The SMILES string of the molecule is C=C(C)C(=O)OC1=CC(=O)c2cccc3cccc1c23. The minimum Gasteiger partial charge on any atom is -0.422 e. The van der Waals surface area contributed by atoms with Crippen LogP contribution in [0.1, 0.15) is 22.8 Å². The minimum absolute atomic E-state index is 0.154. The highest BCUT2D eigenvalue weighted by molar-refractivity contribution is 6.21. The molecule has 0 spiro atoms. The molecule has 0 bridgehead atoms. The Morgan fingerprint density at radius 1 is 1.10 bits per heavy atom. The van der Waals surface area contributed by atoms with Crippen LogP contribution in [0.4, 0.5) is 0 Å². The normalized spacial score (nSPS) is 13.1. The molecule has 0 saturated carbocycles. The maximum absolute atomic E-state index is 12.1. The lowest BCUT2D eigenvalue weighted by atomic mass is 9.91. The molecule has 98 valence electrons.